The molecule has 0 amide bonds. The van der Waals surface area contributed by atoms with Gasteiger partial charge >= 0.3 is 23.9 Å². The third-order valence-corrected chi connectivity index (χ3v) is 18.1. The smallest absolute Gasteiger partial charge is 0.321 e. The molecule has 0 spiro atoms. The number of carbonyl (C=O) groups is 6. The number of aliphatic hydroxyl groups excluding tert-OH is 1. The van der Waals surface area contributed by atoms with Gasteiger partial charge in [0.25, 0.3) is 0 Å². The highest BCUT2D eigenvalue weighted by molar-refractivity contribution is 6.34. The van der Waals surface area contributed by atoms with Crippen LogP contribution in [0.15, 0.2) is 12.1 Å². The predicted molar refractivity (Wildman–Crippen MR) is 299 cm³/mol. The number of rotatable bonds is 20. The second-order valence-electron chi connectivity index (χ2n) is 24.2. The van der Waals surface area contributed by atoms with Crippen molar-refractivity contribution in [1.29, 1.82) is 5.26 Å². The van der Waals surface area contributed by atoms with Crippen LogP contribution in [-0.2, 0) is 61.9 Å². The van der Waals surface area contributed by atoms with Gasteiger partial charge in [-0.2, -0.15) is 5.26 Å². The minimum absolute atomic E-state index is 0.0615. The van der Waals surface area contributed by atoms with Crippen LogP contribution in [0.4, 0.5) is 11.4 Å². The van der Waals surface area contributed by atoms with Gasteiger partial charge < -0.3 is 83.9 Å². The van der Waals surface area contributed by atoms with E-state index < -0.39 is 155 Å². The molecule has 7 N–H and O–H groups in total. The van der Waals surface area contributed by atoms with E-state index in [1.54, 1.807) is 64.9 Å². The molecule has 25 heteroatoms. The fourth-order valence-corrected chi connectivity index (χ4v) is 13.2. The molecule has 466 valence electrons. The zero-order valence-corrected chi connectivity index (χ0v) is 50.8. The minimum Gasteiger partial charge on any atom is -0.481 e. The number of Topliss-reactive ketones (excluding diaryl/α,β-unsaturated/α-hetero) is 2. The number of ketones is 2. The number of nitriles is 1. The number of benzene rings is 1. The van der Waals surface area contributed by atoms with Gasteiger partial charge in [-0.15, -0.1) is 0 Å². The Bertz CT molecular complexity index is 2530. The number of halogens is 1. The molecular weight excluding hydrogens is 1110 g/mol. The number of nitrogens with zero attached hydrogens (tertiary/aromatic N) is 3. The third-order valence-electron chi connectivity index (χ3n) is 17.8. The Morgan fingerprint density at radius 2 is 1.61 bits per heavy atom. The Labute approximate surface area is 491 Å². The molecule has 1 saturated carbocycles. The lowest BCUT2D eigenvalue weighted by molar-refractivity contribution is -0.340. The number of carboxylic acid groups (broad SMARTS) is 2. The molecule has 0 aromatic heterocycles. The zero-order chi connectivity index (χ0) is 61.8. The van der Waals surface area contributed by atoms with Crippen LogP contribution in [0.25, 0.3) is 0 Å². The fraction of sp³-hybridized carbons (Fsp3) is 0.776. The number of likely N-dealkylation sites (N-methyl/N-ethyl adjacent to an activating group) is 1. The zero-order valence-electron chi connectivity index (χ0n) is 50.0. The lowest BCUT2D eigenvalue weighted by Gasteiger charge is -2.49. The average molecular weight is 1190 g/mol. The number of cyclic esters (lactones) is 1. The fourth-order valence-electron chi connectivity index (χ4n) is 12.9. The number of aliphatic carboxylic acids is 2. The van der Waals surface area contributed by atoms with Gasteiger partial charge in [0.1, 0.15) is 41.0 Å². The number of nitrogens with one attached hydrogen (secondary N) is 2. The van der Waals surface area contributed by atoms with Gasteiger partial charge in [0.2, 0.25) is 0 Å². The van der Waals surface area contributed by atoms with Crippen molar-refractivity contribution in [2.75, 3.05) is 64.7 Å². The first-order chi connectivity index (χ1) is 38.9. The van der Waals surface area contributed by atoms with Gasteiger partial charge in [-0.25, -0.2) is 0 Å². The molecule has 4 heterocycles. The van der Waals surface area contributed by atoms with Crippen LogP contribution in [0.3, 0.4) is 0 Å². The van der Waals surface area contributed by atoms with Gasteiger partial charge in [-0.1, -0.05) is 39.3 Å². The maximum atomic E-state index is 14.8. The number of aliphatic hydroxyl groups is 3. The summed E-state index contributed by atoms with van der Waals surface area (Å²) in [5, 5.41) is 74.1. The Kier molecular flexibility index (Phi) is 22.6. The maximum Gasteiger partial charge on any atom is 0.321 e. The van der Waals surface area contributed by atoms with Gasteiger partial charge in [0.05, 0.1) is 53.0 Å². The molecule has 20 atom stereocenters. The van der Waals surface area contributed by atoms with E-state index in [9.17, 15) is 59.6 Å². The standard InChI is InChI=1S/C58H88ClN5O19/c1-14-41-58(9,75)45(35(26-60)52(69)70)29(3)46(66)28(2)24-56(7,74)50(83-55-48(68)40(63(10)11)23-43(76-12)82-55)30(4)49(31(5)54(73)79-41)81-44-25-57(8,77-13)51(32(6)78-44)80-42(65)17-18-61-19-20-62-38-21-34-39(22-37(38)59)64(33-15-16-33)27-36(47(34)67)53(71)72/h21-22,28-33,35-36,40-41,43-45,48-51,55,61-62,68,74-75H,14-20,23-25,27H2,1-13H3,(H,69,70)(H,71,72)/t28-,29-,30+,31-,32+,35?,36?,40+,41-,43+,44?,45-,48-,49+,50-,51+,55?,56-,57-,58-/m1/s1. The molecule has 4 fully saturated rings. The van der Waals surface area contributed by atoms with Gasteiger partial charge in [0, 0.05) is 100 Å². The lowest BCUT2D eigenvalue weighted by atomic mass is 9.66. The van der Waals surface area contributed by atoms with Crippen molar-refractivity contribution in [1.82, 2.24) is 10.2 Å². The van der Waals surface area contributed by atoms with E-state index in [1.807, 2.05) is 4.90 Å². The number of carboxylic acids is 2. The highest BCUT2D eigenvalue weighted by Gasteiger charge is 2.57. The molecule has 3 saturated heterocycles. The summed E-state index contributed by atoms with van der Waals surface area (Å²) in [5.41, 5.74) is -4.19. The summed E-state index contributed by atoms with van der Waals surface area (Å²) < 4.78 is 50.0. The van der Waals surface area contributed by atoms with E-state index in [4.69, 9.17) is 49.5 Å². The van der Waals surface area contributed by atoms with E-state index >= 15 is 0 Å². The van der Waals surface area contributed by atoms with E-state index in [1.165, 1.54) is 48.8 Å². The molecule has 24 nitrogen and oxygen atoms in total. The summed E-state index contributed by atoms with van der Waals surface area (Å²) in [7, 11) is 6.39. The molecule has 83 heavy (non-hydrogen) atoms. The minimum atomic E-state index is -2.27. The number of anilines is 2. The van der Waals surface area contributed by atoms with E-state index in [0.29, 0.717) is 35.1 Å². The highest BCUT2D eigenvalue weighted by atomic mass is 35.5. The number of esters is 2. The summed E-state index contributed by atoms with van der Waals surface area (Å²) in [6.45, 7) is 14.7. The van der Waals surface area contributed by atoms with Crippen molar-refractivity contribution >= 4 is 58.4 Å². The van der Waals surface area contributed by atoms with Crippen molar-refractivity contribution in [2.24, 2.45) is 41.4 Å². The number of hydrogen-bond donors (Lipinski definition) is 7. The molecule has 1 aromatic carbocycles. The molecule has 0 bridgehead atoms. The number of methoxy groups -OCH3 is 2. The monoisotopic (exact) mass is 1190 g/mol. The Hall–Kier alpha value is -4.62. The van der Waals surface area contributed by atoms with Crippen molar-refractivity contribution in [3.63, 3.8) is 0 Å². The van der Waals surface area contributed by atoms with Crippen molar-refractivity contribution < 1.29 is 92.2 Å². The maximum absolute atomic E-state index is 14.8. The summed E-state index contributed by atoms with van der Waals surface area (Å²) >= 11 is 6.65. The van der Waals surface area contributed by atoms with Gasteiger partial charge in [-0.05, 0) is 86.5 Å². The Balaban J connectivity index is 1.21. The van der Waals surface area contributed by atoms with Gasteiger partial charge in [0.15, 0.2) is 30.8 Å². The first-order valence-corrected chi connectivity index (χ1v) is 29.1. The largest absolute Gasteiger partial charge is 0.481 e. The van der Waals surface area contributed by atoms with Crippen LogP contribution >= 0.6 is 11.6 Å². The van der Waals surface area contributed by atoms with E-state index in [0.717, 1.165) is 12.8 Å². The van der Waals surface area contributed by atoms with Crippen molar-refractivity contribution in [2.45, 2.75) is 192 Å². The molecule has 0 radical (unpaired) electrons. The summed E-state index contributed by atoms with van der Waals surface area (Å²) in [5.74, 6) is -14.8. The summed E-state index contributed by atoms with van der Waals surface area (Å²) in [4.78, 5) is 84.5. The van der Waals surface area contributed by atoms with Crippen LogP contribution in [0.5, 0.6) is 0 Å². The second-order valence-corrected chi connectivity index (χ2v) is 24.6. The molecule has 6 rings (SSSR count). The van der Waals surface area contributed by atoms with Crippen LogP contribution in [0, 0.1) is 52.8 Å². The van der Waals surface area contributed by atoms with Gasteiger partial charge in [-0.3, -0.25) is 28.8 Å². The first kappa shape index (κ1) is 67.5. The molecule has 5 aliphatic rings. The van der Waals surface area contributed by atoms with Crippen LogP contribution < -0.4 is 15.5 Å². The third kappa shape index (κ3) is 15.1. The number of carbonyl (C=O) groups excluding carboxylic acids is 4. The molecule has 4 unspecified atom stereocenters. The van der Waals surface area contributed by atoms with Crippen molar-refractivity contribution in [3.8, 4) is 6.07 Å². The molecular formula is C58H88ClN5O19. The molecule has 1 aliphatic carbocycles. The van der Waals surface area contributed by atoms with Crippen molar-refractivity contribution in [3.05, 3.63) is 22.7 Å². The first-order valence-electron chi connectivity index (χ1n) is 28.7. The normalized spacial score (nSPS) is 37.8. The SMILES string of the molecule is CC[C@H]1OC(=O)[C@H](C)[C@@H](OC2C[C@@](C)(OC)[C@@H](OC(=O)CCNCCNc3cc4c(cc3Cl)N(C3CC3)CC(C(=O)O)C4=O)[C@H](C)O2)[C@H](C)[C@@H](OC2O[C@H](OC)C[C@H](N(C)C)[C@H]2O)[C@](C)(O)C[C@@H](C)C(=O)[C@H](C)[C@H](C(C#N)C(=O)O)[C@]1(C)O. The summed E-state index contributed by atoms with van der Waals surface area (Å²) in [6, 6.07) is 4.64. The second kappa shape index (κ2) is 27.8. The van der Waals surface area contributed by atoms with Crippen LogP contribution in [0.1, 0.15) is 118 Å². The lowest BCUT2D eigenvalue weighted by Crippen LogP contribution is -2.61. The van der Waals surface area contributed by atoms with E-state index in [2.05, 4.69) is 10.6 Å². The Morgan fingerprint density at radius 1 is 0.940 bits per heavy atom. The van der Waals surface area contributed by atoms with Crippen LogP contribution in [-0.4, -0.2) is 205 Å². The number of fused-ring (bicyclic) bond motifs is 1. The quantitative estimate of drug-likeness (QED) is 0.0551. The van der Waals surface area contributed by atoms with Crippen LogP contribution in [0.2, 0.25) is 5.02 Å². The Morgan fingerprint density at radius 3 is 2.19 bits per heavy atom. The summed E-state index contributed by atoms with van der Waals surface area (Å²) in [6.07, 6.45) is -9.43. The number of ether oxygens (including phenoxy) is 8. The molecule has 4 aliphatic heterocycles. The highest BCUT2D eigenvalue weighted by Crippen LogP contribution is 2.45. The topological polar surface area (TPSA) is 332 Å². The number of hydrogen-bond acceptors (Lipinski definition) is 22. The molecule has 1 aromatic rings. The predicted octanol–water partition coefficient (Wildman–Crippen LogP) is 4.01. The average Bonchev–Trinajstić information content (AvgIpc) is 2.90. The van der Waals surface area contributed by atoms with E-state index in [-0.39, 0.29) is 51.2 Å².